The lowest BCUT2D eigenvalue weighted by molar-refractivity contribution is 0.0925. The summed E-state index contributed by atoms with van der Waals surface area (Å²) in [4.78, 5) is 25.9. The Bertz CT molecular complexity index is 980. The van der Waals surface area contributed by atoms with Crippen molar-refractivity contribution in [3.05, 3.63) is 82.3 Å². The Morgan fingerprint density at radius 1 is 0.960 bits per heavy atom. The van der Waals surface area contributed by atoms with Crippen molar-refractivity contribution in [1.82, 2.24) is 9.78 Å². The summed E-state index contributed by atoms with van der Waals surface area (Å²) in [5, 5.41) is 4.27. The third-order valence-corrected chi connectivity index (χ3v) is 4.31. The Morgan fingerprint density at radius 2 is 1.64 bits per heavy atom. The van der Waals surface area contributed by atoms with Crippen LogP contribution in [-0.2, 0) is 6.54 Å². The fourth-order valence-electron chi connectivity index (χ4n) is 2.80. The zero-order chi connectivity index (χ0) is 17.6. The van der Waals surface area contributed by atoms with E-state index >= 15 is 0 Å². The number of imide groups is 1. The Labute approximate surface area is 147 Å². The molecule has 2 amide bonds. The summed E-state index contributed by atoms with van der Waals surface area (Å²) in [6.07, 6.45) is 1.58. The number of halogens is 2. The van der Waals surface area contributed by atoms with Crippen molar-refractivity contribution in [3.8, 4) is 0 Å². The van der Waals surface area contributed by atoms with Crippen LogP contribution in [0.3, 0.4) is 0 Å². The number of hydrogen-bond acceptors (Lipinski definition) is 3. The first-order valence-corrected chi connectivity index (χ1v) is 7.88. The molecule has 2 heterocycles. The highest BCUT2D eigenvalue weighted by atomic mass is 35.5. The number of carbonyl (C=O) groups excluding carboxylic acids is 2. The van der Waals surface area contributed by atoms with Gasteiger partial charge in [0.25, 0.3) is 11.8 Å². The largest absolute Gasteiger partial charge is 0.268 e. The molecule has 7 heteroatoms. The van der Waals surface area contributed by atoms with Crippen molar-refractivity contribution in [1.29, 1.82) is 0 Å². The van der Waals surface area contributed by atoms with Crippen LogP contribution >= 0.6 is 11.6 Å². The Hall–Kier alpha value is -2.99. The number of nitrogens with zero attached hydrogens (tertiary/aromatic N) is 3. The third kappa shape index (κ3) is 2.51. The van der Waals surface area contributed by atoms with Gasteiger partial charge in [-0.05, 0) is 18.2 Å². The van der Waals surface area contributed by atoms with Crippen molar-refractivity contribution in [3.63, 3.8) is 0 Å². The minimum absolute atomic E-state index is 0.0326. The standard InChI is InChI=1S/C18H11ClFN3O2/c19-14-7-3-4-11(16(14)20)10-22-9-8-15(21-22)23-17(24)12-5-1-2-6-13(12)18(23)25/h1-9H,10H2. The molecule has 25 heavy (non-hydrogen) atoms. The maximum atomic E-state index is 14.0. The Kier molecular flexibility index (Phi) is 3.62. The van der Waals surface area contributed by atoms with Crippen molar-refractivity contribution in [2.45, 2.75) is 6.54 Å². The van der Waals surface area contributed by atoms with Crippen LogP contribution in [0.25, 0.3) is 0 Å². The highest BCUT2D eigenvalue weighted by molar-refractivity contribution is 6.34. The molecular weight excluding hydrogens is 345 g/mol. The monoisotopic (exact) mass is 355 g/mol. The zero-order valence-electron chi connectivity index (χ0n) is 12.8. The van der Waals surface area contributed by atoms with E-state index in [2.05, 4.69) is 5.10 Å². The molecule has 0 aliphatic carbocycles. The summed E-state index contributed by atoms with van der Waals surface area (Å²) in [5.41, 5.74) is 1.07. The molecule has 0 bridgehead atoms. The van der Waals surface area contributed by atoms with Gasteiger partial charge in [-0.15, -0.1) is 0 Å². The van der Waals surface area contributed by atoms with Gasteiger partial charge in [-0.3, -0.25) is 14.3 Å². The number of rotatable bonds is 3. The van der Waals surface area contributed by atoms with E-state index in [1.165, 1.54) is 10.7 Å². The Morgan fingerprint density at radius 3 is 2.32 bits per heavy atom. The predicted octanol–water partition coefficient (Wildman–Crippen LogP) is 3.52. The van der Waals surface area contributed by atoms with Gasteiger partial charge >= 0.3 is 0 Å². The summed E-state index contributed by atoms with van der Waals surface area (Å²) >= 11 is 5.78. The number of amides is 2. The number of benzene rings is 2. The van der Waals surface area contributed by atoms with Gasteiger partial charge in [0.05, 0.1) is 22.7 Å². The number of fused-ring (bicyclic) bond motifs is 1. The summed E-state index contributed by atoms with van der Waals surface area (Å²) in [6, 6.07) is 12.9. The van der Waals surface area contributed by atoms with E-state index in [0.29, 0.717) is 16.7 Å². The highest BCUT2D eigenvalue weighted by Crippen LogP contribution is 2.27. The lowest BCUT2D eigenvalue weighted by atomic mass is 10.1. The second-order valence-electron chi connectivity index (χ2n) is 5.58. The quantitative estimate of drug-likeness (QED) is 0.675. The first-order chi connectivity index (χ1) is 12.1. The molecule has 0 N–H and O–H groups in total. The van der Waals surface area contributed by atoms with Gasteiger partial charge in [0.1, 0.15) is 5.82 Å². The normalized spacial score (nSPS) is 13.4. The van der Waals surface area contributed by atoms with Gasteiger partial charge in [-0.2, -0.15) is 5.10 Å². The smallest absolute Gasteiger partial charge is 0.267 e. The highest BCUT2D eigenvalue weighted by Gasteiger charge is 2.37. The summed E-state index contributed by atoms with van der Waals surface area (Å²) < 4.78 is 15.5. The van der Waals surface area contributed by atoms with Crippen LogP contribution in [0.2, 0.25) is 5.02 Å². The average molecular weight is 356 g/mol. The van der Waals surface area contributed by atoms with Crippen LogP contribution in [0, 0.1) is 5.82 Å². The number of anilines is 1. The van der Waals surface area contributed by atoms with Crippen LogP contribution in [0.5, 0.6) is 0 Å². The lowest BCUT2D eigenvalue weighted by Crippen LogP contribution is -2.29. The SMILES string of the molecule is O=C1c2ccccc2C(=O)N1c1ccn(Cc2cccc(Cl)c2F)n1. The summed E-state index contributed by atoms with van der Waals surface area (Å²) in [6.45, 7) is 0.134. The average Bonchev–Trinajstić information content (AvgIpc) is 3.16. The minimum atomic E-state index is -0.512. The Balaban J connectivity index is 1.63. The maximum absolute atomic E-state index is 14.0. The van der Waals surface area contributed by atoms with E-state index in [-0.39, 0.29) is 17.4 Å². The second-order valence-corrected chi connectivity index (χ2v) is 5.98. The molecule has 1 aromatic heterocycles. The van der Waals surface area contributed by atoms with Gasteiger partial charge in [-0.1, -0.05) is 35.9 Å². The second kappa shape index (κ2) is 5.82. The fourth-order valence-corrected chi connectivity index (χ4v) is 2.99. The van der Waals surface area contributed by atoms with Crippen molar-refractivity contribution in [2.75, 3.05) is 4.90 Å². The number of hydrogen-bond donors (Lipinski definition) is 0. The maximum Gasteiger partial charge on any atom is 0.267 e. The zero-order valence-corrected chi connectivity index (χ0v) is 13.6. The van der Waals surface area contributed by atoms with Gasteiger partial charge in [0, 0.05) is 17.8 Å². The third-order valence-electron chi connectivity index (χ3n) is 4.01. The molecule has 3 aromatic rings. The molecule has 0 saturated carbocycles. The molecule has 5 nitrogen and oxygen atoms in total. The van der Waals surface area contributed by atoms with Gasteiger partial charge in [-0.25, -0.2) is 9.29 Å². The minimum Gasteiger partial charge on any atom is -0.268 e. The predicted molar refractivity (Wildman–Crippen MR) is 90.3 cm³/mol. The van der Waals surface area contributed by atoms with E-state index in [0.717, 1.165) is 4.90 Å². The topological polar surface area (TPSA) is 55.2 Å². The van der Waals surface area contributed by atoms with Gasteiger partial charge < -0.3 is 0 Å². The van der Waals surface area contributed by atoms with E-state index in [4.69, 9.17) is 11.6 Å². The van der Waals surface area contributed by atoms with Gasteiger partial charge in [0.2, 0.25) is 0 Å². The molecule has 0 fully saturated rings. The molecule has 0 radical (unpaired) electrons. The lowest BCUT2D eigenvalue weighted by Gasteiger charge is -2.10. The van der Waals surface area contributed by atoms with Crippen LogP contribution in [0.1, 0.15) is 26.3 Å². The molecule has 0 spiro atoms. The summed E-state index contributed by atoms with van der Waals surface area (Å²) in [7, 11) is 0. The number of carbonyl (C=O) groups is 2. The first-order valence-electron chi connectivity index (χ1n) is 7.50. The fraction of sp³-hybridized carbons (Fsp3) is 0.0556. The molecule has 1 aliphatic heterocycles. The van der Waals surface area contributed by atoms with Crippen molar-refractivity contribution < 1.29 is 14.0 Å². The first kappa shape index (κ1) is 15.5. The van der Waals surface area contributed by atoms with Crippen molar-refractivity contribution in [2.24, 2.45) is 0 Å². The molecular formula is C18H11ClFN3O2. The molecule has 0 unspecified atom stereocenters. The van der Waals surface area contributed by atoms with Crippen LogP contribution in [-0.4, -0.2) is 21.6 Å². The summed E-state index contributed by atoms with van der Waals surface area (Å²) in [5.74, 6) is -1.14. The van der Waals surface area contributed by atoms with Crippen LogP contribution in [0.4, 0.5) is 10.2 Å². The van der Waals surface area contributed by atoms with E-state index < -0.39 is 17.6 Å². The molecule has 2 aromatic carbocycles. The van der Waals surface area contributed by atoms with E-state index in [1.54, 1.807) is 48.7 Å². The number of aromatic nitrogens is 2. The van der Waals surface area contributed by atoms with E-state index in [9.17, 15) is 14.0 Å². The molecule has 4 rings (SSSR count). The molecule has 0 atom stereocenters. The van der Waals surface area contributed by atoms with E-state index in [1.807, 2.05) is 0 Å². The van der Waals surface area contributed by atoms with Crippen LogP contribution in [0.15, 0.2) is 54.7 Å². The molecule has 1 aliphatic rings. The molecule has 0 saturated heterocycles. The van der Waals surface area contributed by atoms with Gasteiger partial charge in [0.15, 0.2) is 5.82 Å². The van der Waals surface area contributed by atoms with Crippen molar-refractivity contribution >= 4 is 29.2 Å². The molecule has 124 valence electrons. The van der Waals surface area contributed by atoms with Crippen LogP contribution < -0.4 is 4.90 Å².